The number of carbonyl (C=O) groups is 2. The predicted molar refractivity (Wildman–Crippen MR) is 110 cm³/mol. The number of carbonyl (C=O) groups excluding carboxylic acids is 2. The molecule has 0 N–H and O–H groups in total. The molecule has 0 bridgehead atoms. The quantitative estimate of drug-likeness (QED) is 0.693. The fraction of sp³-hybridized carbons (Fsp3) is 0.238. The summed E-state index contributed by atoms with van der Waals surface area (Å²) in [5.74, 6) is -0.327. The number of hydrogen-bond acceptors (Lipinski definition) is 4. The Hall–Kier alpha value is -2.50. The first-order chi connectivity index (χ1) is 13.5. The van der Waals surface area contributed by atoms with Crippen molar-refractivity contribution in [3.05, 3.63) is 63.8 Å². The first kappa shape index (κ1) is 18.8. The molecule has 1 fully saturated rings. The Kier molecular flexibility index (Phi) is 5.04. The number of para-hydroxylation sites is 2. The molecule has 2 amide bonds. The average Bonchev–Trinajstić information content (AvgIpc) is 3.28. The van der Waals surface area contributed by atoms with E-state index in [2.05, 4.69) is 0 Å². The second-order valence-electron chi connectivity index (χ2n) is 6.66. The standard InChI is InChI=1S/C21H18Cl2N2O3/c1-28-17-7-3-2-6-16(17)25-20(26)18(14-9-8-13(22)12-15(14)23)19(21(25)27)24-10-4-5-11-24/h2-3,6-9,12H,4-5,10-11H2,1H3. The van der Waals surface area contributed by atoms with Crippen LogP contribution in [0.1, 0.15) is 18.4 Å². The molecule has 144 valence electrons. The minimum atomic E-state index is -0.416. The molecule has 2 aliphatic rings. The summed E-state index contributed by atoms with van der Waals surface area (Å²) in [5.41, 5.74) is 1.61. The van der Waals surface area contributed by atoms with E-state index in [1.165, 1.54) is 12.0 Å². The van der Waals surface area contributed by atoms with Gasteiger partial charge in [0.15, 0.2) is 0 Å². The molecule has 0 unspecified atom stereocenters. The van der Waals surface area contributed by atoms with Gasteiger partial charge >= 0.3 is 0 Å². The maximum absolute atomic E-state index is 13.5. The number of methoxy groups -OCH3 is 1. The molecule has 0 aromatic heterocycles. The normalized spacial score (nSPS) is 17.1. The minimum absolute atomic E-state index is 0.305. The van der Waals surface area contributed by atoms with E-state index in [4.69, 9.17) is 27.9 Å². The van der Waals surface area contributed by atoms with Crippen molar-refractivity contribution in [1.29, 1.82) is 0 Å². The van der Waals surface area contributed by atoms with E-state index in [1.54, 1.807) is 42.5 Å². The van der Waals surface area contributed by atoms with Crippen LogP contribution in [0.25, 0.3) is 5.57 Å². The van der Waals surface area contributed by atoms with Crippen molar-refractivity contribution in [1.82, 2.24) is 4.90 Å². The molecule has 1 saturated heterocycles. The Balaban J connectivity index is 1.89. The minimum Gasteiger partial charge on any atom is -0.495 e. The maximum Gasteiger partial charge on any atom is 0.282 e. The van der Waals surface area contributed by atoms with E-state index < -0.39 is 5.91 Å². The number of ether oxygens (including phenoxy) is 1. The summed E-state index contributed by atoms with van der Waals surface area (Å²) in [6.45, 7) is 1.45. The summed E-state index contributed by atoms with van der Waals surface area (Å²) in [4.78, 5) is 30.0. The van der Waals surface area contributed by atoms with Gasteiger partial charge in [0.2, 0.25) is 0 Å². The number of hydrogen-bond donors (Lipinski definition) is 0. The molecule has 0 saturated carbocycles. The van der Waals surface area contributed by atoms with E-state index in [0.717, 1.165) is 25.9 Å². The van der Waals surface area contributed by atoms with Crippen LogP contribution in [0.15, 0.2) is 48.2 Å². The average molecular weight is 417 g/mol. The second kappa shape index (κ2) is 7.49. The summed E-state index contributed by atoms with van der Waals surface area (Å²) in [5, 5.41) is 0.803. The zero-order valence-electron chi connectivity index (χ0n) is 15.2. The van der Waals surface area contributed by atoms with Gasteiger partial charge in [-0.15, -0.1) is 0 Å². The van der Waals surface area contributed by atoms with Gasteiger partial charge < -0.3 is 9.64 Å². The lowest BCUT2D eigenvalue weighted by Gasteiger charge is -2.21. The van der Waals surface area contributed by atoms with Crippen molar-refractivity contribution in [3.8, 4) is 5.75 Å². The topological polar surface area (TPSA) is 49.9 Å². The maximum atomic E-state index is 13.5. The van der Waals surface area contributed by atoms with Crippen molar-refractivity contribution < 1.29 is 14.3 Å². The number of rotatable bonds is 4. The molecule has 2 aliphatic heterocycles. The van der Waals surface area contributed by atoms with Gasteiger partial charge in [-0.2, -0.15) is 0 Å². The highest BCUT2D eigenvalue weighted by Crippen LogP contribution is 2.41. The molecule has 28 heavy (non-hydrogen) atoms. The van der Waals surface area contributed by atoms with Crippen LogP contribution in [0.4, 0.5) is 5.69 Å². The second-order valence-corrected chi connectivity index (χ2v) is 7.50. The molecular formula is C21H18Cl2N2O3. The van der Waals surface area contributed by atoms with Crippen molar-refractivity contribution in [2.24, 2.45) is 0 Å². The van der Waals surface area contributed by atoms with Gasteiger partial charge in [0.05, 0.1) is 23.4 Å². The smallest absolute Gasteiger partial charge is 0.282 e. The van der Waals surface area contributed by atoms with E-state index >= 15 is 0 Å². The molecule has 0 radical (unpaired) electrons. The van der Waals surface area contributed by atoms with Crippen molar-refractivity contribution >= 4 is 46.3 Å². The molecule has 4 rings (SSSR count). The van der Waals surface area contributed by atoms with Crippen LogP contribution in [0.5, 0.6) is 5.75 Å². The Morgan fingerprint density at radius 3 is 2.36 bits per heavy atom. The lowest BCUT2D eigenvalue weighted by molar-refractivity contribution is -0.120. The number of halogens is 2. The first-order valence-corrected chi connectivity index (χ1v) is 9.75. The molecule has 2 heterocycles. The molecule has 0 atom stereocenters. The van der Waals surface area contributed by atoms with Crippen LogP contribution in [-0.4, -0.2) is 36.9 Å². The number of imide groups is 1. The van der Waals surface area contributed by atoms with Crippen molar-refractivity contribution in [3.63, 3.8) is 0 Å². The SMILES string of the molecule is COc1ccccc1N1C(=O)C(c2ccc(Cl)cc2Cl)=C(N2CCCC2)C1=O. The lowest BCUT2D eigenvalue weighted by atomic mass is 10.0. The van der Waals surface area contributed by atoms with Gasteiger partial charge in [0.1, 0.15) is 11.4 Å². The Bertz CT molecular complexity index is 997. The highest BCUT2D eigenvalue weighted by atomic mass is 35.5. The largest absolute Gasteiger partial charge is 0.495 e. The van der Waals surface area contributed by atoms with Crippen LogP contribution in [-0.2, 0) is 9.59 Å². The Morgan fingerprint density at radius 1 is 0.964 bits per heavy atom. The summed E-state index contributed by atoms with van der Waals surface area (Å²) in [6.07, 6.45) is 1.95. The van der Waals surface area contributed by atoms with Gasteiger partial charge in [0.25, 0.3) is 11.8 Å². The first-order valence-electron chi connectivity index (χ1n) is 8.99. The monoisotopic (exact) mass is 416 g/mol. The third kappa shape index (κ3) is 3.05. The fourth-order valence-electron chi connectivity index (χ4n) is 3.72. The molecule has 2 aromatic carbocycles. The molecule has 0 spiro atoms. The van der Waals surface area contributed by atoms with E-state index in [0.29, 0.717) is 38.3 Å². The van der Waals surface area contributed by atoms with Crippen LogP contribution < -0.4 is 9.64 Å². The number of benzene rings is 2. The number of likely N-dealkylation sites (tertiary alicyclic amines) is 1. The van der Waals surface area contributed by atoms with Gasteiger partial charge in [-0.05, 0) is 37.1 Å². The third-order valence-electron chi connectivity index (χ3n) is 5.01. The summed E-state index contributed by atoms with van der Waals surface area (Å²) in [7, 11) is 1.51. The highest BCUT2D eigenvalue weighted by Gasteiger charge is 2.44. The van der Waals surface area contributed by atoms with Crippen molar-refractivity contribution in [2.45, 2.75) is 12.8 Å². The van der Waals surface area contributed by atoms with E-state index in [-0.39, 0.29) is 5.91 Å². The van der Waals surface area contributed by atoms with Crippen LogP contribution in [0.3, 0.4) is 0 Å². The Labute approximate surface area is 173 Å². The molecule has 5 nitrogen and oxygen atoms in total. The summed E-state index contributed by atoms with van der Waals surface area (Å²) < 4.78 is 5.37. The zero-order chi connectivity index (χ0) is 19.8. The lowest BCUT2D eigenvalue weighted by Crippen LogP contribution is -2.34. The van der Waals surface area contributed by atoms with Crippen LogP contribution in [0.2, 0.25) is 10.0 Å². The molecule has 7 heteroatoms. The molecule has 2 aromatic rings. The molecule has 0 aliphatic carbocycles. The highest BCUT2D eigenvalue weighted by molar-refractivity contribution is 6.47. The van der Waals surface area contributed by atoms with Gasteiger partial charge in [0, 0.05) is 23.7 Å². The van der Waals surface area contributed by atoms with Crippen LogP contribution in [0, 0.1) is 0 Å². The summed E-state index contributed by atoms with van der Waals surface area (Å²) >= 11 is 12.4. The third-order valence-corrected chi connectivity index (χ3v) is 5.56. The summed E-state index contributed by atoms with van der Waals surface area (Å²) in [6, 6.07) is 11.9. The number of amides is 2. The Morgan fingerprint density at radius 2 is 1.68 bits per heavy atom. The van der Waals surface area contributed by atoms with Crippen molar-refractivity contribution in [2.75, 3.05) is 25.1 Å². The fourth-order valence-corrected chi connectivity index (χ4v) is 4.22. The van der Waals surface area contributed by atoms with E-state index in [1.807, 2.05) is 4.90 Å². The van der Waals surface area contributed by atoms with Gasteiger partial charge in [-0.25, -0.2) is 4.90 Å². The number of nitrogens with zero attached hydrogens (tertiary/aromatic N) is 2. The molecular weight excluding hydrogens is 399 g/mol. The predicted octanol–water partition coefficient (Wildman–Crippen LogP) is 4.38. The van der Waals surface area contributed by atoms with Gasteiger partial charge in [-0.1, -0.05) is 41.4 Å². The van der Waals surface area contributed by atoms with Gasteiger partial charge in [-0.3, -0.25) is 9.59 Å². The number of anilines is 1. The zero-order valence-corrected chi connectivity index (χ0v) is 16.8. The van der Waals surface area contributed by atoms with E-state index in [9.17, 15) is 9.59 Å². The van der Waals surface area contributed by atoms with Crippen LogP contribution >= 0.6 is 23.2 Å².